The third-order valence-corrected chi connectivity index (χ3v) is 3.79. The van der Waals surface area contributed by atoms with Crippen molar-refractivity contribution >= 4 is 11.6 Å². The summed E-state index contributed by atoms with van der Waals surface area (Å²) in [5.74, 6) is -0.355. The van der Waals surface area contributed by atoms with E-state index in [2.05, 4.69) is 20.0 Å². The van der Waals surface area contributed by atoms with Crippen molar-refractivity contribution in [1.82, 2.24) is 9.97 Å². The molecule has 1 heterocycles. The Hall–Kier alpha value is -3.62. The van der Waals surface area contributed by atoms with Crippen LogP contribution in [0.3, 0.4) is 0 Å². The first kappa shape index (κ1) is 20.1. The minimum Gasteiger partial charge on any atom is -0.424 e. The van der Waals surface area contributed by atoms with Gasteiger partial charge in [0.25, 0.3) is 5.91 Å². The maximum absolute atomic E-state index is 12.4. The van der Waals surface area contributed by atoms with Gasteiger partial charge in [-0.15, -0.1) is 13.2 Å². The Balaban J connectivity index is 1.73. The quantitative estimate of drug-likeness (QED) is 0.646. The summed E-state index contributed by atoms with van der Waals surface area (Å²) in [7, 11) is 0. The fourth-order valence-corrected chi connectivity index (χ4v) is 2.50. The molecule has 0 aliphatic rings. The Morgan fingerprint density at radius 2 is 1.48 bits per heavy atom. The number of benzene rings is 2. The summed E-state index contributed by atoms with van der Waals surface area (Å²) in [5, 5.41) is 2.67. The van der Waals surface area contributed by atoms with Gasteiger partial charge in [-0.2, -0.15) is 9.97 Å². The zero-order valence-electron chi connectivity index (χ0n) is 15.4. The van der Waals surface area contributed by atoms with Crippen molar-refractivity contribution in [2.24, 2.45) is 0 Å². The van der Waals surface area contributed by atoms with E-state index in [1.165, 1.54) is 12.1 Å². The van der Waals surface area contributed by atoms with Crippen molar-refractivity contribution < 1.29 is 27.4 Å². The molecule has 1 amide bonds. The summed E-state index contributed by atoms with van der Waals surface area (Å²) in [5.41, 5.74) is 1.51. The molecule has 0 saturated heterocycles. The van der Waals surface area contributed by atoms with Crippen molar-refractivity contribution in [3.63, 3.8) is 0 Å². The van der Waals surface area contributed by atoms with E-state index in [-0.39, 0.29) is 11.6 Å². The fraction of sp³-hybridized carbons (Fsp3) is 0.150. The number of halogens is 3. The molecule has 0 saturated carbocycles. The number of ether oxygens (including phenoxy) is 2. The molecule has 0 spiro atoms. The second-order valence-corrected chi connectivity index (χ2v) is 5.99. The first-order valence-corrected chi connectivity index (χ1v) is 8.46. The van der Waals surface area contributed by atoms with Crippen molar-refractivity contribution in [2.45, 2.75) is 20.2 Å². The van der Waals surface area contributed by atoms with Crippen molar-refractivity contribution in [1.29, 1.82) is 0 Å². The van der Waals surface area contributed by atoms with Crippen LogP contribution in [0.5, 0.6) is 17.5 Å². The highest BCUT2D eigenvalue weighted by Gasteiger charge is 2.31. The van der Waals surface area contributed by atoms with E-state index < -0.39 is 18.0 Å². The molecule has 0 bridgehead atoms. The molecular formula is C20H16F3N3O3. The van der Waals surface area contributed by atoms with Gasteiger partial charge >= 0.3 is 12.4 Å². The zero-order valence-corrected chi connectivity index (χ0v) is 15.4. The number of para-hydroxylation sites is 1. The number of carbonyl (C=O) groups is 1. The van der Waals surface area contributed by atoms with E-state index in [0.29, 0.717) is 22.8 Å². The van der Waals surface area contributed by atoms with Gasteiger partial charge in [0, 0.05) is 5.56 Å². The Kier molecular flexibility index (Phi) is 5.67. The average Bonchev–Trinajstić information content (AvgIpc) is 2.65. The minimum absolute atomic E-state index is 0.137. The maximum Gasteiger partial charge on any atom is 0.573 e. The maximum atomic E-state index is 12.4. The van der Waals surface area contributed by atoms with E-state index >= 15 is 0 Å². The van der Waals surface area contributed by atoms with E-state index in [1.54, 1.807) is 26.0 Å². The molecule has 0 unspecified atom stereocenters. The van der Waals surface area contributed by atoms with Gasteiger partial charge < -0.3 is 14.8 Å². The lowest BCUT2D eigenvalue weighted by Crippen LogP contribution is -2.18. The molecule has 150 valence electrons. The van der Waals surface area contributed by atoms with E-state index in [4.69, 9.17) is 4.74 Å². The number of alkyl halides is 3. The SMILES string of the molecule is Cc1nc(Oc2ccccc2)nc(C)c1NC(=O)c1ccc(OC(F)(F)F)cc1. The first-order chi connectivity index (χ1) is 13.7. The van der Waals surface area contributed by atoms with Gasteiger partial charge in [0.05, 0.1) is 17.1 Å². The minimum atomic E-state index is -4.79. The van der Waals surface area contributed by atoms with Gasteiger partial charge in [-0.05, 0) is 50.2 Å². The summed E-state index contributed by atoms with van der Waals surface area (Å²) in [6, 6.07) is 13.7. The predicted molar refractivity (Wildman–Crippen MR) is 99.1 cm³/mol. The summed E-state index contributed by atoms with van der Waals surface area (Å²) in [6.07, 6.45) is -4.79. The number of amides is 1. The lowest BCUT2D eigenvalue weighted by Gasteiger charge is -2.13. The summed E-state index contributed by atoms with van der Waals surface area (Å²) >= 11 is 0. The second-order valence-electron chi connectivity index (χ2n) is 5.99. The lowest BCUT2D eigenvalue weighted by molar-refractivity contribution is -0.274. The van der Waals surface area contributed by atoms with Crippen LogP contribution in [0.1, 0.15) is 21.7 Å². The highest BCUT2D eigenvalue weighted by Crippen LogP contribution is 2.25. The molecule has 0 aliphatic carbocycles. The molecule has 0 aliphatic heterocycles. The number of aromatic nitrogens is 2. The van der Waals surface area contributed by atoms with Crippen LogP contribution in [0.15, 0.2) is 54.6 Å². The number of aryl methyl sites for hydroxylation is 2. The number of hydrogen-bond acceptors (Lipinski definition) is 5. The highest BCUT2D eigenvalue weighted by atomic mass is 19.4. The molecule has 0 radical (unpaired) electrons. The molecule has 1 aromatic heterocycles. The molecule has 0 atom stereocenters. The number of nitrogens with zero attached hydrogens (tertiary/aromatic N) is 2. The van der Waals surface area contributed by atoms with Gasteiger partial charge in [-0.25, -0.2) is 0 Å². The lowest BCUT2D eigenvalue weighted by atomic mass is 10.2. The van der Waals surface area contributed by atoms with Crippen molar-refractivity contribution in [3.8, 4) is 17.5 Å². The molecule has 3 rings (SSSR count). The second kappa shape index (κ2) is 8.17. The van der Waals surface area contributed by atoms with Crippen LogP contribution < -0.4 is 14.8 Å². The number of carbonyl (C=O) groups excluding carboxylic acids is 1. The number of hydrogen-bond donors (Lipinski definition) is 1. The predicted octanol–water partition coefficient (Wildman–Crippen LogP) is 5.04. The third kappa shape index (κ3) is 5.44. The zero-order chi connectivity index (χ0) is 21.0. The van der Waals surface area contributed by atoms with E-state index in [9.17, 15) is 18.0 Å². The number of anilines is 1. The van der Waals surface area contributed by atoms with Crippen molar-refractivity contribution in [2.75, 3.05) is 5.32 Å². The summed E-state index contributed by atoms with van der Waals surface area (Å²) < 4.78 is 46.1. The molecule has 3 aromatic rings. The van der Waals surface area contributed by atoms with Gasteiger partial charge in [-0.3, -0.25) is 4.79 Å². The monoisotopic (exact) mass is 403 g/mol. The van der Waals surface area contributed by atoms with Gasteiger partial charge in [0.2, 0.25) is 0 Å². The summed E-state index contributed by atoms with van der Waals surface area (Å²) in [4.78, 5) is 20.9. The largest absolute Gasteiger partial charge is 0.573 e. The highest BCUT2D eigenvalue weighted by molar-refractivity contribution is 6.04. The molecule has 2 aromatic carbocycles. The van der Waals surface area contributed by atoms with Crippen LogP contribution in [0, 0.1) is 13.8 Å². The average molecular weight is 403 g/mol. The smallest absolute Gasteiger partial charge is 0.424 e. The number of rotatable bonds is 5. The Bertz CT molecular complexity index is 984. The topological polar surface area (TPSA) is 73.3 Å². The fourth-order valence-electron chi connectivity index (χ4n) is 2.50. The molecule has 0 fully saturated rings. The van der Waals surface area contributed by atoms with Crippen LogP contribution >= 0.6 is 0 Å². The van der Waals surface area contributed by atoms with E-state index in [1.807, 2.05) is 18.2 Å². The van der Waals surface area contributed by atoms with Crippen LogP contribution in [0.25, 0.3) is 0 Å². The van der Waals surface area contributed by atoms with Crippen LogP contribution in [0.2, 0.25) is 0 Å². The van der Waals surface area contributed by atoms with Gasteiger partial charge in [-0.1, -0.05) is 18.2 Å². The molecule has 1 N–H and O–H groups in total. The molecule has 9 heteroatoms. The first-order valence-electron chi connectivity index (χ1n) is 8.46. The Labute approximate surface area is 164 Å². The normalized spacial score (nSPS) is 11.1. The molecular weight excluding hydrogens is 387 g/mol. The van der Waals surface area contributed by atoms with E-state index in [0.717, 1.165) is 12.1 Å². The molecule has 6 nitrogen and oxygen atoms in total. The Morgan fingerprint density at radius 1 is 0.897 bits per heavy atom. The van der Waals surface area contributed by atoms with Crippen LogP contribution in [-0.4, -0.2) is 22.2 Å². The third-order valence-electron chi connectivity index (χ3n) is 3.79. The summed E-state index contributed by atoms with van der Waals surface area (Å²) in [6.45, 7) is 3.37. The Morgan fingerprint density at radius 3 is 2.03 bits per heavy atom. The number of nitrogens with one attached hydrogen (secondary N) is 1. The van der Waals surface area contributed by atoms with Crippen molar-refractivity contribution in [3.05, 3.63) is 71.5 Å². The molecule has 29 heavy (non-hydrogen) atoms. The standard InChI is InChI=1S/C20H16F3N3O3/c1-12-17(13(2)25-19(24-12)28-15-6-4-3-5-7-15)26-18(27)14-8-10-16(11-9-14)29-20(21,22)23/h3-11H,1-2H3,(H,26,27). The van der Waals surface area contributed by atoms with Crippen LogP contribution in [-0.2, 0) is 0 Å². The van der Waals surface area contributed by atoms with Crippen LogP contribution in [0.4, 0.5) is 18.9 Å². The van der Waals surface area contributed by atoms with Gasteiger partial charge in [0.1, 0.15) is 11.5 Å². The van der Waals surface area contributed by atoms with Gasteiger partial charge in [0.15, 0.2) is 0 Å².